The zero-order chi connectivity index (χ0) is 20.2. The van der Waals surface area contributed by atoms with Crippen molar-refractivity contribution in [3.05, 3.63) is 42.0 Å². The second-order valence-electron chi connectivity index (χ2n) is 9.38. The SMILES string of the molecule is Cc1ccc(S(=O)(=O)N2CC[C@H]3CC(=O)[C@@H]4N5CCCC/C=C\[C@H]5C[C@]34C2)cc1. The number of Topliss-reactive ketones (excluding diaryl/α,β-unsaturated/α-hetero) is 1. The highest BCUT2D eigenvalue weighted by Crippen LogP contribution is 2.57. The van der Waals surface area contributed by atoms with Crippen LogP contribution in [0.4, 0.5) is 0 Å². The molecule has 0 unspecified atom stereocenters. The van der Waals surface area contributed by atoms with E-state index in [1.807, 2.05) is 19.1 Å². The van der Waals surface area contributed by atoms with Gasteiger partial charge in [-0.05, 0) is 63.6 Å². The van der Waals surface area contributed by atoms with Gasteiger partial charge in [-0.2, -0.15) is 4.31 Å². The van der Waals surface area contributed by atoms with E-state index in [2.05, 4.69) is 17.1 Å². The highest BCUT2D eigenvalue weighted by atomic mass is 32.2. The summed E-state index contributed by atoms with van der Waals surface area (Å²) in [5, 5.41) is 0. The number of hydrogen-bond donors (Lipinski definition) is 0. The van der Waals surface area contributed by atoms with Gasteiger partial charge >= 0.3 is 0 Å². The molecule has 3 fully saturated rings. The van der Waals surface area contributed by atoms with E-state index in [0.717, 1.165) is 44.2 Å². The summed E-state index contributed by atoms with van der Waals surface area (Å²) >= 11 is 0. The molecule has 3 heterocycles. The first kappa shape index (κ1) is 19.5. The van der Waals surface area contributed by atoms with E-state index in [1.165, 1.54) is 0 Å². The molecule has 1 aromatic rings. The monoisotopic (exact) mass is 414 g/mol. The second-order valence-corrected chi connectivity index (χ2v) is 11.3. The van der Waals surface area contributed by atoms with Gasteiger partial charge in [-0.15, -0.1) is 0 Å². The Morgan fingerprint density at radius 1 is 1.10 bits per heavy atom. The van der Waals surface area contributed by atoms with Gasteiger partial charge in [0.2, 0.25) is 10.0 Å². The van der Waals surface area contributed by atoms with Crippen molar-refractivity contribution in [2.45, 2.75) is 62.4 Å². The Balaban J connectivity index is 1.49. The Hall–Kier alpha value is -1.50. The van der Waals surface area contributed by atoms with E-state index >= 15 is 0 Å². The van der Waals surface area contributed by atoms with Crippen molar-refractivity contribution in [2.24, 2.45) is 11.3 Å². The molecule has 156 valence electrons. The number of allylic oxidation sites excluding steroid dienone is 1. The molecular weight excluding hydrogens is 384 g/mol. The largest absolute Gasteiger partial charge is 0.298 e. The van der Waals surface area contributed by atoms with E-state index < -0.39 is 10.0 Å². The van der Waals surface area contributed by atoms with Crippen LogP contribution >= 0.6 is 0 Å². The third-order valence-electron chi connectivity index (χ3n) is 7.71. The summed E-state index contributed by atoms with van der Waals surface area (Å²) in [7, 11) is -3.54. The van der Waals surface area contributed by atoms with Gasteiger partial charge in [0.05, 0.1) is 10.9 Å². The van der Waals surface area contributed by atoms with E-state index in [0.29, 0.717) is 36.1 Å². The lowest BCUT2D eigenvalue weighted by Crippen LogP contribution is -2.53. The first-order chi connectivity index (χ1) is 13.9. The van der Waals surface area contributed by atoms with Crippen molar-refractivity contribution in [3.8, 4) is 0 Å². The number of rotatable bonds is 2. The summed E-state index contributed by atoms with van der Waals surface area (Å²) in [6.45, 7) is 3.90. The molecule has 6 heteroatoms. The highest BCUT2D eigenvalue weighted by molar-refractivity contribution is 7.89. The third-order valence-corrected chi connectivity index (χ3v) is 9.57. The molecule has 0 amide bonds. The lowest BCUT2D eigenvalue weighted by atomic mass is 9.70. The number of aryl methyl sites for hydroxylation is 1. The molecule has 0 radical (unpaired) electrons. The van der Waals surface area contributed by atoms with Crippen molar-refractivity contribution in [1.29, 1.82) is 0 Å². The Bertz CT molecular complexity index is 939. The zero-order valence-electron chi connectivity index (χ0n) is 17.1. The number of carbonyl (C=O) groups is 1. The van der Waals surface area contributed by atoms with Crippen LogP contribution in [0.25, 0.3) is 0 Å². The maximum absolute atomic E-state index is 13.4. The summed E-state index contributed by atoms with van der Waals surface area (Å²) in [5.41, 5.74) is 0.821. The molecule has 1 saturated carbocycles. The number of benzene rings is 1. The Labute approximate surface area is 173 Å². The molecule has 2 saturated heterocycles. The predicted octanol–water partition coefficient (Wildman–Crippen LogP) is 3.15. The molecule has 1 spiro atoms. The molecule has 0 bridgehead atoms. The molecule has 29 heavy (non-hydrogen) atoms. The Morgan fingerprint density at radius 2 is 1.90 bits per heavy atom. The summed E-state index contributed by atoms with van der Waals surface area (Å²) in [6, 6.07) is 7.28. The number of carbonyl (C=O) groups excluding carboxylic acids is 1. The van der Waals surface area contributed by atoms with E-state index in [4.69, 9.17) is 0 Å². The minimum atomic E-state index is -3.54. The van der Waals surface area contributed by atoms with Gasteiger partial charge in [0.25, 0.3) is 0 Å². The molecule has 5 nitrogen and oxygen atoms in total. The minimum absolute atomic E-state index is 0.115. The number of fused-ring (bicyclic) bond motifs is 2. The first-order valence-electron chi connectivity index (χ1n) is 10.9. The van der Waals surface area contributed by atoms with Gasteiger partial charge in [0.1, 0.15) is 0 Å². The lowest BCUT2D eigenvalue weighted by Gasteiger charge is -2.44. The van der Waals surface area contributed by atoms with Crippen molar-refractivity contribution >= 4 is 15.8 Å². The van der Waals surface area contributed by atoms with Gasteiger partial charge in [-0.1, -0.05) is 29.8 Å². The molecule has 5 rings (SSSR count). The van der Waals surface area contributed by atoms with Crippen LogP contribution in [0, 0.1) is 18.3 Å². The van der Waals surface area contributed by atoms with E-state index in [-0.39, 0.29) is 17.5 Å². The van der Waals surface area contributed by atoms with Crippen LogP contribution in [0.5, 0.6) is 0 Å². The normalized spacial score (nSPS) is 36.7. The average Bonchev–Trinajstić information content (AvgIpc) is 3.12. The molecule has 1 aromatic carbocycles. The average molecular weight is 415 g/mol. The third kappa shape index (κ3) is 3.03. The van der Waals surface area contributed by atoms with Crippen molar-refractivity contribution < 1.29 is 13.2 Å². The van der Waals surface area contributed by atoms with Crippen molar-refractivity contribution in [3.63, 3.8) is 0 Å². The van der Waals surface area contributed by atoms with Crippen LogP contribution < -0.4 is 0 Å². The Kier molecular flexibility index (Phi) is 4.72. The number of hydrogen-bond acceptors (Lipinski definition) is 4. The number of sulfonamides is 1. The number of nitrogens with zero attached hydrogens (tertiary/aromatic N) is 2. The summed E-state index contributed by atoms with van der Waals surface area (Å²) in [6.07, 6.45) is 10.2. The fraction of sp³-hybridized carbons (Fsp3) is 0.609. The van der Waals surface area contributed by atoms with Gasteiger partial charge in [0.15, 0.2) is 5.78 Å². The van der Waals surface area contributed by atoms with Crippen LogP contribution in [-0.2, 0) is 14.8 Å². The molecule has 0 N–H and O–H groups in total. The van der Waals surface area contributed by atoms with Gasteiger partial charge in [-0.3, -0.25) is 9.69 Å². The highest BCUT2D eigenvalue weighted by Gasteiger charge is 2.64. The Morgan fingerprint density at radius 3 is 2.69 bits per heavy atom. The molecule has 4 aliphatic rings. The lowest BCUT2D eigenvalue weighted by molar-refractivity contribution is -0.122. The molecule has 3 aliphatic heterocycles. The quantitative estimate of drug-likeness (QED) is 0.698. The van der Waals surface area contributed by atoms with E-state index in [9.17, 15) is 13.2 Å². The molecule has 1 aliphatic carbocycles. The van der Waals surface area contributed by atoms with Gasteiger partial charge < -0.3 is 0 Å². The fourth-order valence-electron chi connectivity index (χ4n) is 6.32. The van der Waals surface area contributed by atoms with Crippen molar-refractivity contribution in [1.82, 2.24) is 9.21 Å². The van der Waals surface area contributed by atoms with Crippen LogP contribution in [0.1, 0.15) is 44.1 Å². The zero-order valence-corrected chi connectivity index (χ0v) is 17.9. The molecule has 0 aromatic heterocycles. The summed E-state index contributed by atoms with van der Waals surface area (Å²) in [4.78, 5) is 15.9. The minimum Gasteiger partial charge on any atom is -0.298 e. The second kappa shape index (κ2) is 7.03. The van der Waals surface area contributed by atoms with Crippen LogP contribution in [-0.4, -0.2) is 55.1 Å². The molecular formula is C23H30N2O3S. The van der Waals surface area contributed by atoms with Crippen molar-refractivity contribution in [2.75, 3.05) is 19.6 Å². The maximum Gasteiger partial charge on any atom is 0.243 e. The summed E-state index contributed by atoms with van der Waals surface area (Å²) in [5.74, 6) is 0.646. The van der Waals surface area contributed by atoms with Crippen LogP contribution in [0.3, 0.4) is 0 Å². The fourth-order valence-corrected chi connectivity index (χ4v) is 7.85. The van der Waals surface area contributed by atoms with Gasteiger partial charge in [-0.25, -0.2) is 8.42 Å². The van der Waals surface area contributed by atoms with Crippen LogP contribution in [0.2, 0.25) is 0 Å². The summed E-state index contributed by atoms with van der Waals surface area (Å²) < 4.78 is 28.5. The maximum atomic E-state index is 13.4. The number of ketones is 1. The predicted molar refractivity (Wildman–Crippen MR) is 112 cm³/mol. The number of piperidine rings is 1. The van der Waals surface area contributed by atoms with Gasteiger partial charge in [0, 0.05) is 31.0 Å². The standard InChI is InChI=1S/C23H30N2O3S/c1-17-7-9-20(10-8-17)29(27,28)24-13-11-18-14-21(26)22-23(18,16-24)15-19-6-4-2-3-5-12-25(19)22/h4,6-10,18-19,22H,2-3,5,11-16H2,1H3/b6-4-/t18-,19-,22-,23-/m0/s1. The first-order valence-corrected chi connectivity index (χ1v) is 12.4. The van der Waals surface area contributed by atoms with Crippen LogP contribution in [0.15, 0.2) is 41.3 Å². The molecule has 4 atom stereocenters. The topological polar surface area (TPSA) is 57.7 Å². The smallest absolute Gasteiger partial charge is 0.243 e. The van der Waals surface area contributed by atoms with E-state index in [1.54, 1.807) is 16.4 Å².